The lowest BCUT2D eigenvalue weighted by Crippen LogP contribution is -2.26. The Morgan fingerprint density at radius 2 is 1.45 bits per heavy atom. The Morgan fingerprint density at radius 1 is 0.818 bits per heavy atom. The lowest BCUT2D eigenvalue weighted by atomic mass is 10.0. The molecule has 1 heterocycles. The molecular formula is C20H24N2. The Morgan fingerprint density at radius 3 is 2.14 bits per heavy atom. The van der Waals surface area contributed by atoms with E-state index in [0.29, 0.717) is 5.92 Å². The summed E-state index contributed by atoms with van der Waals surface area (Å²) in [7, 11) is 0. The van der Waals surface area contributed by atoms with Crippen molar-refractivity contribution < 1.29 is 0 Å². The summed E-state index contributed by atoms with van der Waals surface area (Å²) < 4.78 is 0. The maximum atomic E-state index is 2.34. The molecule has 0 amide bonds. The normalized spacial score (nSPS) is 14.2. The van der Waals surface area contributed by atoms with Crippen molar-refractivity contribution in [2.24, 2.45) is 0 Å². The van der Waals surface area contributed by atoms with Crippen molar-refractivity contribution >= 4 is 11.4 Å². The van der Waals surface area contributed by atoms with Crippen LogP contribution >= 0.6 is 0 Å². The van der Waals surface area contributed by atoms with Crippen molar-refractivity contribution in [2.45, 2.75) is 33.6 Å². The van der Waals surface area contributed by atoms with Gasteiger partial charge in [0.2, 0.25) is 0 Å². The van der Waals surface area contributed by atoms with E-state index in [-0.39, 0.29) is 0 Å². The first-order chi connectivity index (χ1) is 10.6. The molecule has 2 nitrogen and oxygen atoms in total. The second kappa shape index (κ2) is 5.88. The molecule has 0 spiro atoms. The van der Waals surface area contributed by atoms with E-state index in [1.165, 1.54) is 28.1 Å². The van der Waals surface area contributed by atoms with Gasteiger partial charge in [-0.3, -0.25) is 0 Å². The van der Waals surface area contributed by atoms with Crippen molar-refractivity contribution in [3.05, 3.63) is 71.6 Å². The monoisotopic (exact) mass is 292 g/mol. The van der Waals surface area contributed by atoms with Gasteiger partial charge < -0.3 is 9.80 Å². The number of benzene rings is 2. The Bertz CT molecular complexity index is 680. The van der Waals surface area contributed by atoms with Crippen LogP contribution in [0.5, 0.6) is 0 Å². The number of para-hydroxylation sites is 2. The zero-order valence-electron chi connectivity index (χ0n) is 13.9. The van der Waals surface area contributed by atoms with Crippen molar-refractivity contribution in [1.82, 2.24) is 0 Å². The molecule has 1 aliphatic heterocycles. The van der Waals surface area contributed by atoms with Gasteiger partial charge in [0.25, 0.3) is 0 Å². The molecule has 0 aliphatic carbocycles. The van der Waals surface area contributed by atoms with Gasteiger partial charge in [-0.25, -0.2) is 0 Å². The highest BCUT2D eigenvalue weighted by Gasteiger charge is 2.20. The summed E-state index contributed by atoms with van der Waals surface area (Å²) >= 11 is 0. The van der Waals surface area contributed by atoms with Gasteiger partial charge in [-0.15, -0.1) is 0 Å². The number of anilines is 2. The van der Waals surface area contributed by atoms with Crippen LogP contribution in [0, 0.1) is 13.8 Å². The van der Waals surface area contributed by atoms with Crippen LogP contribution < -0.4 is 9.80 Å². The predicted octanol–water partition coefficient (Wildman–Crippen LogP) is 5.18. The standard InChI is InChI=1S/C20H24N2/c1-15(2)18-10-5-6-11-19(18)21-12-13-22(14-21)20-16(3)8-7-9-17(20)4/h5-13,15H,14H2,1-4H3. The van der Waals surface area contributed by atoms with E-state index in [1.54, 1.807) is 0 Å². The molecule has 2 heteroatoms. The van der Waals surface area contributed by atoms with Crippen molar-refractivity contribution in [2.75, 3.05) is 16.5 Å². The van der Waals surface area contributed by atoms with Crippen LogP contribution in [-0.4, -0.2) is 6.67 Å². The van der Waals surface area contributed by atoms with Crippen LogP contribution in [0.4, 0.5) is 11.4 Å². The minimum atomic E-state index is 0.527. The Labute approximate surface area is 133 Å². The maximum Gasteiger partial charge on any atom is 0.0989 e. The van der Waals surface area contributed by atoms with Gasteiger partial charge in [-0.05, 0) is 42.5 Å². The number of aryl methyl sites for hydroxylation is 2. The van der Waals surface area contributed by atoms with Crippen LogP contribution in [0.15, 0.2) is 54.9 Å². The summed E-state index contributed by atoms with van der Waals surface area (Å²) in [6, 6.07) is 15.2. The van der Waals surface area contributed by atoms with E-state index >= 15 is 0 Å². The third kappa shape index (κ3) is 2.61. The van der Waals surface area contributed by atoms with Crippen LogP contribution in [0.25, 0.3) is 0 Å². The van der Waals surface area contributed by atoms with Gasteiger partial charge >= 0.3 is 0 Å². The van der Waals surface area contributed by atoms with E-state index in [9.17, 15) is 0 Å². The van der Waals surface area contributed by atoms with E-state index in [2.05, 4.69) is 92.4 Å². The van der Waals surface area contributed by atoms with Gasteiger partial charge in [0.1, 0.15) is 0 Å². The first-order valence-corrected chi connectivity index (χ1v) is 7.94. The SMILES string of the molecule is Cc1cccc(C)c1N1C=CN(c2ccccc2C(C)C)C1. The zero-order chi connectivity index (χ0) is 15.7. The van der Waals surface area contributed by atoms with Crippen molar-refractivity contribution in [3.63, 3.8) is 0 Å². The van der Waals surface area contributed by atoms with Gasteiger partial charge in [0, 0.05) is 23.8 Å². The Kier molecular flexibility index (Phi) is 3.93. The van der Waals surface area contributed by atoms with Gasteiger partial charge in [-0.2, -0.15) is 0 Å². The third-order valence-electron chi connectivity index (χ3n) is 4.33. The van der Waals surface area contributed by atoms with Gasteiger partial charge in [0.15, 0.2) is 0 Å². The van der Waals surface area contributed by atoms with Crippen LogP contribution in [0.1, 0.15) is 36.5 Å². The summed E-state index contributed by atoms with van der Waals surface area (Å²) in [5.41, 5.74) is 6.67. The third-order valence-corrected chi connectivity index (χ3v) is 4.33. The Balaban J connectivity index is 1.90. The molecule has 0 aromatic heterocycles. The lowest BCUT2D eigenvalue weighted by molar-refractivity contribution is 0.852. The molecule has 0 atom stereocenters. The molecule has 0 saturated carbocycles. The fraction of sp³-hybridized carbons (Fsp3) is 0.300. The largest absolute Gasteiger partial charge is 0.328 e. The second-order valence-corrected chi connectivity index (χ2v) is 6.33. The van der Waals surface area contributed by atoms with E-state index in [1.807, 2.05) is 0 Å². The van der Waals surface area contributed by atoms with Gasteiger partial charge in [-0.1, -0.05) is 50.2 Å². The molecule has 0 N–H and O–H groups in total. The highest BCUT2D eigenvalue weighted by atomic mass is 15.3. The van der Waals surface area contributed by atoms with Crippen molar-refractivity contribution in [3.8, 4) is 0 Å². The maximum absolute atomic E-state index is 2.34. The Hall–Kier alpha value is -2.22. The molecule has 1 aliphatic rings. The minimum Gasteiger partial charge on any atom is -0.328 e. The zero-order valence-corrected chi connectivity index (χ0v) is 13.9. The van der Waals surface area contributed by atoms with E-state index < -0.39 is 0 Å². The van der Waals surface area contributed by atoms with E-state index in [4.69, 9.17) is 0 Å². The summed E-state index contributed by atoms with van der Waals surface area (Å²) in [4.78, 5) is 4.67. The number of rotatable bonds is 3. The van der Waals surface area contributed by atoms with Crippen LogP contribution in [0.2, 0.25) is 0 Å². The fourth-order valence-corrected chi connectivity index (χ4v) is 3.22. The smallest absolute Gasteiger partial charge is 0.0989 e. The predicted molar refractivity (Wildman–Crippen MR) is 95.4 cm³/mol. The molecule has 0 bridgehead atoms. The quantitative estimate of drug-likeness (QED) is 0.769. The topological polar surface area (TPSA) is 6.48 Å². The molecule has 114 valence electrons. The van der Waals surface area contributed by atoms with Crippen molar-refractivity contribution in [1.29, 1.82) is 0 Å². The molecule has 2 aromatic carbocycles. The number of hydrogen-bond acceptors (Lipinski definition) is 2. The number of hydrogen-bond donors (Lipinski definition) is 0. The first-order valence-electron chi connectivity index (χ1n) is 7.94. The molecule has 3 rings (SSSR count). The number of nitrogens with zero attached hydrogens (tertiary/aromatic N) is 2. The van der Waals surface area contributed by atoms with E-state index in [0.717, 1.165) is 6.67 Å². The summed E-state index contributed by atoms with van der Waals surface area (Å²) in [6.45, 7) is 9.74. The minimum absolute atomic E-state index is 0.527. The molecule has 0 saturated heterocycles. The molecule has 0 radical (unpaired) electrons. The lowest BCUT2D eigenvalue weighted by Gasteiger charge is -2.26. The molecule has 0 fully saturated rings. The highest BCUT2D eigenvalue weighted by Crippen LogP contribution is 2.32. The molecule has 2 aromatic rings. The average molecular weight is 292 g/mol. The second-order valence-electron chi connectivity index (χ2n) is 6.33. The fourth-order valence-electron chi connectivity index (χ4n) is 3.22. The molecule has 22 heavy (non-hydrogen) atoms. The summed E-state index contributed by atoms with van der Waals surface area (Å²) in [6.07, 6.45) is 4.37. The summed E-state index contributed by atoms with van der Waals surface area (Å²) in [5.74, 6) is 0.527. The first kappa shape index (κ1) is 14.7. The van der Waals surface area contributed by atoms with Crippen LogP contribution in [0.3, 0.4) is 0 Å². The molecule has 0 unspecified atom stereocenters. The highest BCUT2D eigenvalue weighted by molar-refractivity contribution is 5.66. The molecular weight excluding hydrogens is 268 g/mol. The summed E-state index contributed by atoms with van der Waals surface area (Å²) in [5, 5.41) is 0. The average Bonchev–Trinajstić information content (AvgIpc) is 2.96. The van der Waals surface area contributed by atoms with Crippen LogP contribution in [-0.2, 0) is 0 Å². The van der Waals surface area contributed by atoms with Gasteiger partial charge in [0.05, 0.1) is 6.67 Å².